The first kappa shape index (κ1) is 14.2. The fourth-order valence-corrected chi connectivity index (χ4v) is 2.93. The van der Waals surface area contributed by atoms with Crippen molar-refractivity contribution in [3.8, 4) is 0 Å². The summed E-state index contributed by atoms with van der Waals surface area (Å²) < 4.78 is 26.4. The van der Waals surface area contributed by atoms with Gasteiger partial charge < -0.3 is 5.32 Å². The number of aryl methyl sites for hydroxylation is 1. The number of hydrogen-bond acceptors (Lipinski definition) is 2. The van der Waals surface area contributed by atoms with Gasteiger partial charge in [-0.3, -0.25) is 0 Å². The molecule has 1 aromatic carbocycles. The van der Waals surface area contributed by atoms with Crippen molar-refractivity contribution in [2.45, 2.75) is 26.3 Å². The first-order valence-electron chi connectivity index (χ1n) is 6.34. The van der Waals surface area contributed by atoms with Gasteiger partial charge in [0, 0.05) is 0 Å². The second kappa shape index (κ2) is 6.26. The monoisotopic (exact) mass is 281 g/mol. The first-order valence-corrected chi connectivity index (χ1v) is 7.28. The van der Waals surface area contributed by atoms with Crippen LogP contribution >= 0.6 is 11.3 Å². The molecule has 0 radical (unpaired) electrons. The van der Waals surface area contributed by atoms with E-state index in [1.165, 1.54) is 17.7 Å². The van der Waals surface area contributed by atoms with Crippen LogP contribution in [-0.2, 0) is 0 Å². The second-order valence-corrected chi connectivity index (χ2v) is 5.31. The van der Waals surface area contributed by atoms with Crippen molar-refractivity contribution in [2.75, 3.05) is 6.54 Å². The minimum absolute atomic E-state index is 0.0821. The van der Waals surface area contributed by atoms with Crippen LogP contribution in [0.25, 0.3) is 0 Å². The number of halogens is 2. The highest BCUT2D eigenvalue weighted by Gasteiger charge is 2.17. The fraction of sp³-hybridized carbons (Fsp3) is 0.333. The lowest BCUT2D eigenvalue weighted by molar-refractivity contribution is 0.503. The molecule has 2 aromatic rings. The quantitative estimate of drug-likeness (QED) is 0.855. The Bertz CT molecular complexity index is 551. The van der Waals surface area contributed by atoms with Gasteiger partial charge in [0.2, 0.25) is 0 Å². The number of hydrogen-bond donors (Lipinski definition) is 1. The average molecular weight is 281 g/mol. The van der Waals surface area contributed by atoms with E-state index in [0.717, 1.165) is 24.1 Å². The average Bonchev–Trinajstić information content (AvgIpc) is 2.80. The van der Waals surface area contributed by atoms with Crippen LogP contribution in [0.15, 0.2) is 29.0 Å². The van der Waals surface area contributed by atoms with Crippen molar-refractivity contribution in [1.29, 1.82) is 0 Å². The molecule has 102 valence electrons. The highest BCUT2D eigenvalue weighted by Crippen LogP contribution is 2.28. The lowest BCUT2D eigenvalue weighted by Gasteiger charge is -2.19. The van der Waals surface area contributed by atoms with Gasteiger partial charge >= 0.3 is 0 Å². The molecule has 0 aliphatic heterocycles. The topological polar surface area (TPSA) is 12.0 Å². The highest BCUT2D eigenvalue weighted by atomic mass is 32.1. The van der Waals surface area contributed by atoms with E-state index in [2.05, 4.69) is 23.0 Å². The molecule has 19 heavy (non-hydrogen) atoms. The summed E-state index contributed by atoms with van der Waals surface area (Å²) in [4.78, 5) is 0. The van der Waals surface area contributed by atoms with Gasteiger partial charge in [0.15, 0.2) is 11.6 Å². The van der Waals surface area contributed by atoms with Gasteiger partial charge in [-0.2, -0.15) is 11.3 Å². The molecule has 0 spiro atoms. The van der Waals surface area contributed by atoms with E-state index >= 15 is 0 Å². The molecular weight excluding hydrogens is 264 g/mol. The molecule has 1 atom stereocenters. The Morgan fingerprint density at radius 2 is 2.00 bits per heavy atom. The van der Waals surface area contributed by atoms with Crippen LogP contribution < -0.4 is 5.32 Å². The molecule has 0 aliphatic carbocycles. The molecule has 0 saturated heterocycles. The van der Waals surface area contributed by atoms with Crippen molar-refractivity contribution in [3.05, 3.63) is 57.3 Å². The molecular formula is C15H17F2NS. The van der Waals surface area contributed by atoms with Crippen LogP contribution in [0.2, 0.25) is 0 Å². The Kier molecular flexibility index (Phi) is 4.66. The minimum Gasteiger partial charge on any atom is -0.306 e. The lowest BCUT2D eigenvalue weighted by Crippen LogP contribution is -2.23. The van der Waals surface area contributed by atoms with E-state index in [0.29, 0.717) is 0 Å². The molecule has 0 fully saturated rings. The molecule has 1 unspecified atom stereocenters. The summed E-state index contributed by atoms with van der Waals surface area (Å²) in [5.74, 6) is -1.60. The molecule has 0 bridgehead atoms. The van der Waals surface area contributed by atoms with Gasteiger partial charge in [0.25, 0.3) is 0 Å². The number of nitrogens with one attached hydrogen (secondary N) is 1. The summed E-state index contributed by atoms with van der Waals surface area (Å²) >= 11 is 1.62. The smallest absolute Gasteiger partial charge is 0.159 e. The molecule has 4 heteroatoms. The summed E-state index contributed by atoms with van der Waals surface area (Å²) in [5.41, 5.74) is 3.06. The highest BCUT2D eigenvalue weighted by molar-refractivity contribution is 7.08. The molecule has 0 amide bonds. The van der Waals surface area contributed by atoms with E-state index in [9.17, 15) is 8.78 Å². The van der Waals surface area contributed by atoms with Crippen LogP contribution in [0.1, 0.15) is 36.1 Å². The van der Waals surface area contributed by atoms with Crippen molar-refractivity contribution in [1.82, 2.24) is 5.32 Å². The Balaban J connectivity index is 2.37. The molecule has 1 heterocycles. The largest absolute Gasteiger partial charge is 0.306 e. The van der Waals surface area contributed by atoms with E-state index in [1.54, 1.807) is 17.4 Å². The molecule has 2 rings (SSSR count). The van der Waals surface area contributed by atoms with E-state index in [4.69, 9.17) is 0 Å². The van der Waals surface area contributed by atoms with Crippen LogP contribution in [0.5, 0.6) is 0 Å². The zero-order chi connectivity index (χ0) is 13.8. The van der Waals surface area contributed by atoms with Gasteiger partial charge in [-0.15, -0.1) is 0 Å². The number of rotatable bonds is 5. The maximum Gasteiger partial charge on any atom is 0.159 e. The zero-order valence-corrected chi connectivity index (χ0v) is 11.9. The predicted octanol–water partition coefficient (Wildman–Crippen LogP) is 4.42. The van der Waals surface area contributed by atoms with Gasteiger partial charge in [0.1, 0.15) is 0 Å². The van der Waals surface area contributed by atoms with Crippen LogP contribution in [0.3, 0.4) is 0 Å². The Labute approximate surface area is 116 Å². The molecule has 0 saturated carbocycles. The summed E-state index contributed by atoms with van der Waals surface area (Å²) in [6.45, 7) is 4.95. The van der Waals surface area contributed by atoms with Gasteiger partial charge in [-0.1, -0.05) is 13.0 Å². The second-order valence-electron chi connectivity index (χ2n) is 4.57. The third-order valence-corrected chi connectivity index (χ3v) is 3.96. The fourth-order valence-electron chi connectivity index (χ4n) is 2.05. The standard InChI is InChI=1S/C15H17F2NS/c1-3-6-18-15(12-9-19-8-10(12)2)11-4-5-13(16)14(17)7-11/h4-5,7-9,15,18H,3,6H2,1-2H3. The normalized spacial score (nSPS) is 12.6. The Hall–Kier alpha value is -1.26. The minimum atomic E-state index is -0.806. The van der Waals surface area contributed by atoms with E-state index in [1.807, 2.05) is 6.92 Å². The van der Waals surface area contributed by atoms with Crippen molar-refractivity contribution in [2.24, 2.45) is 0 Å². The molecule has 1 N–H and O–H groups in total. The maximum atomic E-state index is 13.4. The third-order valence-electron chi connectivity index (χ3n) is 3.08. The van der Waals surface area contributed by atoms with Crippen LogP contribution in [0, 0.1) is 18.6 Å². The predicted molar refractivity (Wildman–Crippen MR) is 75.6 cm³/mol. The summed E-state index contributed by atoms with van der Waals surface area (Å²) in [5, 5.41) is 7.52. The van der Waals surface area contributed by atoms with Gasteiger partial charge in [-0.25, -0.2) is 8.78 Å². The van der Waals surface area contributed by atoms with E-state index < -0.39 is 11.6 Å². The van der Waals surface area contributed by atoms with Crippen molar-refractivity contribution < 1.29 is 8.78 Å². The SMILES string of the molecule is CCCNC(c1ccc(F)c(F)c1)c1cscc1C. The Morgan fingerprint density at radius 1 is 1.21 bits per heavy atom. The molecule has 1 aromatic heterocycles. The van der Waals surface area contributed by atoms with Crippen LogP contribution in [0.4, 0.5) is 8.78 Å². The van der Waals surface area contributed by atoms with Gasteiger partial charge in [-0.05, 0) is 59.5 Å². The zero-order valence-electron chi connectivity index (χ0n) is 11.0. The molecule has 0 aliphatic rings. The summed E-state index contributed by atoms with van der Waals surface area (Å²) in [6.07, 6.45) is 0.989. The number of benzene rings is 1. The number of thiophene rings is 1. The van der Waals surface area contributed by atoms with Crippen molar-refractivity contribution in [3.63, 3.8) is 0 Å². The Morgan fingerprint density at radius 3 is 2.58 bits per heavy atom. The third kappa shape index (κ3) is 3.19. The van der Waals surface area contributed by atoms with E-state index in [-0.39, 0.29) is 6.04 Å². The summed E-state index contributed by atoms with van der Waals surface area (Å²) in [6, 6.07) is 4.02. The molecule has 1 nitrogen and oxygen atoms in total. The lowest BCUT2D eigenvalue weighted by atomic mass is 9.98. The maximum absolute atomic E-state index is 13.4. The van der Waals surface area contributed by atoms with Crippen molar-refractivity contribution >= 4 is 11.3 Å². The first-order chi connectivity index (χ1) is 9.13. The van der Waals surface area contributed by atoms with Gasteiger partial charge in [0.05, 0.1) is 6.04 Å². The summed E-state index contributed by atoms with van der Waals surface area (Å²) in [7, 11) is 0. The van der Waals surface area contributed by atoms with Crippen LogP contribution in [-0.4, -0.2) is 6.54 Å².